The number of nitrogens with zero attached hydrogens (tertiary/aromatic N) is 2. The van der Waals surface area contributed by atoms with Crippen LogP contribution in [0.15, 0.2) is 16.4 Å². The molecule has 21 heavy (non-hydrogen) atoms. The van der Waals surface area contributed by atoms with Crippen molar-refractivity contribution in [2.75, 3.05) is 13.2 Å². The summed E-state index contributed by atoms with van der Waals surface area (Å²) in [4.78, 5) is 4.52. The minimum Gasteiger partial charge on any atom is -0.476 e. The van der Waals surface area contributed by atoms with E-state index in [4.69, 9.17) is 9.47 Å². The highest BCUT2D eigenvalue weighted by atomic mass is 16.5. The van der Waals surface area contributed by atoms with Gasteiger partial charge in [0, 0.05) is 0 Å². The molecule has 0 bridgehead atoms. The molecule has 0 spiro atoms. The van der Waals surface area contributed by atoms with Crippen molar-refractivity contribution in [3.8, 4) is 6.07 Å². The summed E-state index contributed by atoms with van der Waals surface area (Å²) >= 11 is 0. The number of ether oxygens (including phenoxy) is 2. The predicted octanol–water partition coefficient (Wildman–Crippen LogP) is 2.60. The van der Waals surface area contributed by atoms with E-state index in [1.807, 2.05) is 0 Å². The van der Waals surface area contributed by atoms with Gasteiger partial charge in [-0.25, -0.2) is 4.99 Å². The van der Waals surface area contributed by atoms with Crippen LogP contribution in [0.4, 0.5) is 0 Å². The van der Waals surface area contributed by atoms with Crippen molar-refractivity contribution in [2.45, 2.75) is 52.6 Å². The first kappa shape index (κ1) is 15.7. The Hall–Kier alpha value is -1.70. The Kier molecular flexibility index (Phi) is 5.11. The number of nitrogens with one attached hydrogen (secondary N) is 1. The highest BCUT2D eigenvalue weighted by molar-refractivity contribution is 5.98. The van der Waals surface area contributed by atoms with Crippen molar-refractivity contribution < 1.29 is 9.47 Å². The number of nitriles is 1. The zero-order valence-electron chi connectivity index (χ0n) is 13.3. The van der Waals surface area contributed by atoms with Crippen LogP contribution in [0.2, 0.25) is 0 Å². The maximum Gasteiger partial charge on any atom is 0.233 e. The summed E-state index contributed by atoms with van der Waals surface area (Å²) in [5.41, 5.74) is 0.396. The van der Waals surface area contributed by atoms with Gasteiger partial charge in [0.2, 0.25) is 11.8 Å². The molecule has 0 aromatic rings. The van der Waals surface area contributed by atoms with Gasteiger partial charge in [0.1, 0.15) is 19.3 Å². The van der Waals surface area contributed by atoms with Crippen LogP contribution in [-0.4, -0.2) is 31.2 Å². The van der Waals surface area contributed by atoms with Crippen LogP contribution >= 0.6 is 0 Å². The van der Waals surface area contributed by atoms with Crippen molar-refractivity contribution in [1.29, 1.82) is 5.26 Å². The van der Waals surface area contributed by atoms with Crippen molar-refractivity contribution >= 4 is 5.90 Å². The highest BCUT2D eigenvalue weighted by Gasteiger charge is 2.29. The fourth-order valence-electron chi connectivity index (χ4n) is 2.71. The second kappa shape index (κ2) is 6.84. The van der Waals surface area contributed by atoms with Gasteiger partial charge < -0.3 is 14.8 Å². The lowest BCUT2D eigenvalue weighted by Gasteiger charge is -2.10. The van der Waals surface area contributed by atoms with Gasteiger partial charge in [0.05, 0.1) is 12.1 Å². The highest BCUT2D eigenvalue weighted by Crippen LogP contribution is 2.22. The van der Waals surface area contributed by atoms with E-state index >= 15 is 0 Å². The molecule has 5 heteroatoms. The van der Waals surface area contributed by atoms with Gasteiger partial charge in [-0.1, -0.05) is 27.7 Å². The second-order valence-electron chi connectivity index (χ2n) is 6.63. The summed E-state index contributed by atoms with van der Waals surface area (Å²) in [7, 11) is 0. The van der Waals surface area contributed by atoms with Crippen LogP contribution in [0.1, 0.15) is 40.5 Å². The van der Waals surface area contributed by atoms with E-state index in [2.05, 4.69) is 44.1 Å². The molecule has 2 rings (SSSR count). The molecule has 116 valence electrons. The Morgan fingerprint density at radius 3 is 2.57 bits per heavy atom. The molecule has 2 aliphatic rings. The molecule has 2 aliphatic heterocycles. The molecule has 1 fully saturated rings. The molecule has 2 atom stereocenters. The van der Waals surface area contributed by atoms with E-state index in [1.54, 1.807) is 0 Å². The van der Waals surface area contributed by atoms with Crippen molar-refractivity contribution in [3.05, 3.63) is 11.5 Å². The third-order valence-electron chi connectivity index (χ3n) is 3.53. The molecule has 2 heterocycles. The summed E-state index contributed by atoms with van der Waals surface area (Å²) in [6, 6.07) is 2.58. The first-order valence-corrected chi connectivity index (χ1v) is 7.74. The lowest BCUT2D eigenvalue weighted by atomic mass is 10.1. The lowest BCUT2D eigenvalue weighted by Crippen LogP contribution is -2.25. The molecule has 1 saturated heterocycles. The molecule has 0 aromatic carbocycles. The molecule has 0 amide bonds. The van der Waals surface area contributed by atoms with Crippen LogP contribution in [0.25, 0.3) is 0 Å². The van der Waals surface area contributed by atoms with Crippen LogP contribution in [0.3, 0.4) is 0 Å². The molecule has 0 unspecified atom stereocenters. The van der Waals surface area contributed by atoms with Crippen LogP contribution in [0, 0.1) is 23.2 Å². The maximum absolute atomic E-state index is 9.39. The lowest BCUT2D eigenvalue weighted by molar-refractivity contribution is 0.245. The number of hydrogen-bond acceptors (Lipinski definition) is 5. The molecule has 5 nitrogen and oxygen atoms in total. The zero-order valence-corrected chi connectivity index (χ0v) is 13.3. The maximum atomic E-state index is 9.39. The average molecular weight is 291 g/mol. The van der Waals surface area contributed by atoms with Crippen LogP contribution in [0.5, 0.6) is 0 Å². The van der Waals surface area contributed by atoms with Gasteiger partial charge in [-0.15, -0.1) is 0 Å². The molecule has 0 aromatic heterocycles. The summed E-state index contributed by atoms with van der Waals surface area (Å²) in [5.74, 6) is 2.10. The fourth-order valence-corrected chi connectivity index (χ4v) is 2.71. The number of aliphatic imine (C=N–C) groups is 1. The largest absolute Gasteiger partial charge is 0.476 e. The van der Waals surface area contributed by atoms with E-state index in [0.717, 1.165) is 12.8 Å². The van der Waals surface area contributed by atoms with Crippen molar-refractivity contribution in [2.24, 2.45) is 16.8 Å². The van der Waals surface area contributed by atoms with E-state index in [-0.39, 0.29) is 12.1 Å². The summed E-state index contributed by atoms with van der Waals surface area (Å²) in [5, 5.41) is 12.7. The summed E-state index contributed by atoms with van der Waals surface area (Å²) < 4.78 is 11.2. The third-order valence-corrected chi connectivity index (χ3v) is 3.53. The second-order valence-corrected chi connectivity index (χ2v) is 6.63. The third kappa shape index (κ3) is 4.13. The van der Waals surface area contributed by atoms with Gasteiger partial charge in [-0.2, -0.15) is 5.26 Å². The summed E-state index contributed by atoms with van der Waals surface area (Å²) in [6.07, 6.45) is 1.99. The Bertz CT molecular complexity index is 474. The SMILES string of the molecule is CC(C)C[C@@H]1COC(/C(C#N)=C2\N[C@H](CC(C)C)CO2)=N1. The Labute approximate surface area is 127 Å². The van der Waals surface area contributed by atoms with Gasteiger partial charge in [0.25, 0.3) is 0 Å². The van der Waals surface area contributed by atoms with Gasteiger partial charge in [-0.3, -0.25) is 0 Å². The Morgan fingerprint density at radius 2 is 1.95 bits per heavy atom. The fraction of sp³-hybridized carbons (Fsp3) is 0.750. The van der Waals surface area contributed by atoms with Crippen molar-refractivity contribution in [3.63, 3.8) is 0 Å². The van der Waals surface area contributed by atoms with Gasteiger partial charge in [-0.05, 0) is 24.7 Å². The molecule has 0 radical (unpaired) electrons. The average Bonchev–Trinajstić information content (AvgIpc) is 3.00. The standard InChI is InChI=1S/C16H25N3O2/c1-10(2)5-12-8-20-15(18-12)14(7-17)16-19-13(9-21-16)6-11(3)4/h10-13,18H,5-6,8-9H2,1-4H3/b15-14+/t12-,13-/m1/s1. The Morgan fingerprint density at radius 1 is 1.24 bits per heavy atom. The van der Waals surface area contributed by atoms with E-state index in [1.165, 1.54) is 0 Å². The number of hydrogen-bond donors (Lipinski definition) is 1. The molecule has 0 aliphatic carbocycles. The monoisotopic (exact) mass is 291 g/mol. The predicted molar refractivity (Wildman–Crippen MR) is 81.6 cm³/mol. The quantitative estimate of drug-likeness (QED) is 0.791. The molecule has 0 saturated carbocycles. The minimum atomic E-state index is 0.150. The molecule has 1 N–H and O–H groups in total. The first-order valence-electron chi connectivity index (χ1n) is 7.74. The zero-order chi connectivity index (χ0) is 15.4. The van der Waals surface area contributed by atoms with Gasteiger partial charge >= 0.3 is 0 Å². The van der Waals surface area contributed by atoms with Crippen LogP contribution < -0.4 is 5.32 Å². The minimum absolute atomic E-state index is 0.150. The van der Waals surface area contributed by atoms with Gasteiger partial charge in [0.15, 0.2) is 5.57 Å². The topological polar surface area (TPSA) is 66.6 Å². The molecular weight excluding hydrogens is 266 g/mol. The van der Waals surface area contributed by atoms with Crippen LogP contribution in [-0.2, 0) is 9.47 Å². The summed E-state index contributed by atoms with van der Waals surface area (Å²) in [6.45, 7) is 9.83. The molecular formula is C16H25N3O2. The first-order chi connectivity index (χ1) is 9.99. The smallest absolute Gasteiger partial charge is 0.233 e. The normalized spacial score (nSPS) is 27.0. The number of rotatable bonds is 5. The van der Waals surface area contributed by atoms with E-state index in [0.29, 0.717) is 42.4 Å². The Balaban J connectivity index is 2.07. The van der Waals surface area contributed by atoms with Crippen molar-refractivity contribution in [1.82, 2.24) is 5.32 Å². The van der Waals surface area contributed by atoms with E-state index in [9.17, 15) is 5.26 Å². The van der Waals surface area contributed by atoms with E-state index < -0.39 is 0 Å².